The Hall–Kier alpha value is -2.62. The molecule has 0 fully saturated rings. The Balaban J connectivity index is 1.62. The van der Waals surface area contributed by atoms with E-state index in [1.54, 1.807) is 6.07 Å². The Kier molecular flexibility index (Phi) is 5.94. The number of ether oxygens (including phenoxy) is 1. The molecule has 4 heteroatoms. The van der Waals surface area contributed by atoms with E-state index in [1.165, 1.54) is 17.5 Å². The second-order valence-corrected chi connectivity index (χ2v) is 7.51. The largest absolute Gasteiger partial charge is 0.452 e. The number of amides is 1. The predicted molar refractivity (Wildman–Crippen MR) is 107 cm³/mol. The molecule has 0 aromatic heterocycles. The number of hydrogen-bond acceptors (Lipinski definition) is 3. The SMILES string of the molecule is Cc1cccc(C(C)C)c1NC(=O)COC(=O)c1ccc2c(c1)CCCC2. The van der Waals surface area contributed by atoms with Crippen LogP contribution in [0.4, 0.5) is 5.69 Å². The van der Waals surface area contributed by atoms with Crippen LogP contribution in [0, 0.1) is 6.92 Å². The number of aryl methyl sites for hydroxylation is 3. The molecule has 0 saturated heterocycles. The monoisotopic (exact) mass is 365 g/mol. The molecule has 142 valence electrons. The normalized spacial score (nSPS) is 13.2. The number of benzene rings is 2. The van der Waals surface area contributed by atoms with Crippen LogP contribution in [0.15, 0.2) is 36.4 Å². The molecule has 2 aromatic rings. The summed E-state index contributed by atoms with van der Waals surface area (Å²) in [6.07, 6.45) is 4.43. The summed E-state index contributed by atoms with van der Waals surface area (Å²) >= 11 is 0. The third-order valence-electron chi connectivity index (χ3n) is 5.11. The summed E-state index contributed by atoms with van der Waals surface area (Å²) in [5.41, 5.74) is 5.93. The maximum absolute atomic E-state index is 12.3. The summed E-state index contributed by atoms with van der Waals surface area (Å²) in [6.45, 7) is 5.84. The average molecular weight is 365 g/mol. The highest BCUT2D eigenvalue weighted by Crippen LogP contribution is 2.27. The van der Waals surface area contributed by atoms with Gasteiger partial charge in [-0.1, -0.05) is 38.1 Å². The minimum absolute atomic E-state index is 0.290. The Morgan fingerprint density at radius 1 is 1.07 bits per heavy atom. The minimum Gasteiger partial charge on any atom is -0.452 e. The summed E-state index contributed by atoms with van der Waals surface area (Å²) in [5, 5.41) is 2.90. The molecule has 0 atom stereocenters. The molecular weight excluding hydrogens is 338 g/mol. The van der Waals surface area contributed by atoms with Crippen LogP contribution in [-0.2, 0) is 22.4 Å². The number of fused-ring (bicyclic) bond motifs is 1. The zero-order valence-electron chi connectivity index (χ0n) is 16.3. The lowest BCUT2D eigenvalue weighted by Gasteiger charge is -2.17. The van der Waals surface area contributed by atoms with E-state index in [0.717, 1.165) is 36.1 Å². The van der Waals surface area contributed by atoms with Gasteiger partial charge in [0, 0.05) is 5.69 Å². The maximum atomic E-state index is 12.3. The molecular formula is C23H27NO3. The number of nitrogens with one attached hydrogen (secondary N) is 1. The van der Waals surface area contributed by atoms with E-state index in [4.69, 9.17) is 4.74 Å². The number of esters is 1. The lowest BCUT2D eigenvalue weighted by atomic mass is 9.90. The van der Waals surface area contributed by atoms with E-state index in [1.807, 2.05) is 37.3 Å². The number of anilines is 1. The fourth-order valence-corrected chi connectivity index (χ4v) is 3.59. The van der Waals surface area contributed by atoms with Gasteiger partial charge in [0.25, 0.3) is 5.91 Å². The van der Waals surface area contributed by atoms with Gasteiger partial charge in [0.1, 0.15) is 0 Å². The van der Waals surface area contributed by atoms with Crippen molar-refractivity contribution < 1.29 is 14.3 Å². The smallest absolute Gasteiger partial charge is 0.338 e. The van der Waals surface area contributed by atoms with Gasteiger partial charge >= 0.3 is 5.97 Å². The Labute approximate surface area is 160 Å². The zero-order valence-corrected chi connectivity index (χ0v) is 16.3. The molecule has 0 heterocycles. The first-order valence-electron chi connectivity index (χ1n) is 9.64. The van der Waals surface area contributed by atoms with Gasteiger partial charge in [0.05, 0.1) is 5.56 Å². The van der Waals surface area contributed by atoms with Crippen molar-refractivity contribution in [2.24, 2.45) is 0 Å². The highest BCUT2D eigenvalue weighted by atomic mass is 16.5. The number of rotatable bonds is 5. The number of carbonyl (C=O) groups is 2. The summed E-state index contributed by atoms with van der Waals surface area (Å²) in [4.78, 5) is 24.6. The van der Waals surface area contributed by atoms with Crippen molar-refractivity contribution >= 4 is 17.6 Å². The van der Waals surface area contributed by atoms with Crippen molar-refractivity contribution in [2.45, 2.75) is 52.4 Å². The lowest BCUT2D eigenvalue weighted by Crippen LogP contribution is -2.22. The van der Waals surface area contributed by atoms with E-state index < -0.39 is 5.97 Å². The molecule has 2 aromatic carbocycles. The van der Waals surface area contributed by atoms with Gasteiger partial charge < -0.3 is 10.1 Å². The van der Waals surface area contributed by atoms with E-state index >= 15 is 0 Å². The predicted octanol–water partition coefficient (Wildman–Crippen LogP) is 4.79. The van der Waals surface area contributed by atoms with Gasteiger partial charge in [-0.05, 0) is 72.9 Å². The topological polar surface area (TPSA) is 55.4 Å². The first-order valence-corrected chi connectivity index (χ1v) is 9.64. The zero-order chi connectivity index (χ0) is 19.4. The van der Waals surface area contributed by atoms with Crippen LogP contribution in [0.3, 0.4) is 0 Å². The Bertz CT molecular complexity index is 855. The molecule has 1 N–H and O–H groups in total. The summed E-state index contributed by atoms with van der Waals surface area (Å²) in [5.74, 6) is -0.483. The minimum atomic E-state index is -0.451. The van der Waals surface area contributed by atoms with Crippen LogP contribution < -0.4 is 5.32 Å². The average Bonchev–Trinajstić information content (AvgIpc) is 2.67. The highest BCUT2D eigenvalue weighted by Gasteiger charge is 2.16. The molecule has 0 saturated carbocycles. The van der Waals surface area contributed by atoms with Gasteiger partial charge in [-0.2, -0.15) is 0 Å². The van der Waals surface area contributed by atoms with E-state index in [2.05, 4.69) is 19.2 Å². The Morgan fingerprint density at radius 2 is 1.81 bits per heavy atom. The van der Waals surface area contributed by atoms with Gasteiger partial charge in [-0.3, -0.25) is 4.79 Å². The fraction of sp³-hybridized carbons (Fsp3) is 0.391. The molecule has 1 aliphatic carbocycles. The molecule has 0 aliphatic heterocycles. The fourth-order valence-electron chi connectivity index (χ4n) is 3.59. The van der Waals surface area contributed by atoms with Crippen molar-refractivity contribution in [1.82, 2.24) is 0 Å². The van der Waals surface area contributed by atoms with Crippen LogP contribution in [0.25, 0.3) is 0 Å². The number of carbonyl (C=O) groups excluding carboxylic acids is 2. The summed E-state index contributed by atoms with van der Waals surface area (Å²) in [7, 11) is 0. The third kappa shape index (κ3) is 4.57. The van der Waals surface area contributed by atoms with Crippen LogP contribution >= 0.6 is 0 Å². The van der Waals surface area contributed by atoms with Crippen LogP contribution in [0.2, 0.25) is 0 Å². The maximum Gasteiger partial charge on any atom is 0.338 e. The lowest BCUT2D eigenvalue weighted by molar-refractivity contribution is -0.119. The van der Waals surface area contributed by atoms with Crippen LogP contribution in [0.5, 0.6) is 0 Å². The van der Waals surface area contributed by atoms with Crippen LogP contribution in [-0.4, -0.2) is 18.5 Å². The molecule has 0 spiro atoms. The Morgan fingerprint density at radius 3 is 2.56 bits per heavy atom. The molecule has 3 rings (SSSR count). The third-order valence-corrected chi connectivity index (χ3v) is 5.11. The number of hydrogen-bond donors (Lipinski definition) is 1. The van der Waals surface area contributed by atoms with Gasteiger partial charge in [0.2, 0.25) is 0 Å². The van der Waals surface area contributed by atoms with Gasteiger partial charge in [-0.15, -0.1) is 0 Å². The van der Waals surface area contributed by atoms with Crippen molar-refractivity contribution in [1.29, 1.82) is 0 Å². The number of para-hydroxylation sites is 1. The van der Waals surface area contributed by atoms with E-state index in [0.29, 0.717) is 11.5 Å². The van der Waals surface area contributed by atoms with Crippen molar-refractivity contribution in [3.8, 4) is 0 Å². The standard InChI is InChI=1S/C23H27NO3/c1-15(2)20-10-6-7-16(3)22(20)24-21(25)14-27-23(26)19-12-11-17-8-4-5-9-18(17)13-19/h6-7,10-13,15H,4-5,8-9,14H2,1-3H3,(H,24,25). The molecule has 0 unspecified atom stereocenters. The van der Waals surface area contributed by atoms with E-state index in [9.17, 15) is 9.59 Å². The molecule has 27 heavy (non-hydrogen) atoms. The summed E-state index contributed by atoms with van der Waals surface area (Å²) < 4.78 is 5.24. The van der Waals surface area contributed by atoms with Crippen LogP contribution in [0.1, 0.15) is 65.2 Å². The van der Waals surface area contributed by atoms with Crippen molar-refractivity contribution in [2.75, 3.05) is 11.9 Å². The first-order chi connectivity index (χ1) is 13.0. The second-order valence-electron chi connectivity index (χ2n) is 7.51. The summed E-state index contributed by atoms with van der Waals surface area (Å²) in [6, 6.07) is 11.7. The van der Waals surface area contributed by atoms with Crippen molar-refractivity contribution in [3.05, 3.63) is 64.2 Å². The van der Waals surface area contributed by atoms with Crippen molar-refractivity contribution in [3.63, 3.8) is 0 Å². The second kappa shape index (κ2) is 8.38. The van der Waals surface area contributed by atoms with Gasteiger partial charge in [0.15, 0.2) is 6.61 Å². The quantitative estimate of drug-likeness (QED) is 0.775. The first kappa shape index (κ1) is 19.2. The molecule has 0 radical (unpaired) electrons. The molecule has 4 nitrogen and oxygen atoms in total. The van der Waals surface area contributed by atoms with E-state index in [-0.39, 0.29) is 12.5 Å². The molecule has 1 amide bonds. The molecule has 0 bridgehead atoms. The molecule has 1 aliphatic rings. The highest BCUT2D eigenvalue weighted by molar-refractivity contribution is 5.96. The van der Waals surface area contributed by atoms with Gasteiger partial charge in [-0.25, -0.2) is 4.79 Å².